The van der Waals surface area contributed by atoms with Crippen molar-refractivity contribution in [3.63, 3.8) is 0 Å². The standard InChI is InChI=1S/C24H24F2N2O2/c25-19-5-1-17(2-6-19)21(29)27-23-10-15-9-16(11-23)13-24(12-15,14-23)28-22(30)18-3-7-20(26)8-4-18/h1-8,15-16H,9-14H2,(H,27,29)(H,28,30). The van der Waals surface area contributed by atoms with Gasteiger partial charge in [0.15, 0.2) is 0 Å². The van der Waals surface area contributed by atoms with Crippen LogP contribution in [0.15, 0.2) is 48.5 Å². The molecule has 0 unspecified atom stereocenters. The maximum Gasteiger partial charge on any atom is 0.251 e. The van der Waals surface area contributed by atoms with Crippen molar-refractivity contribution >= 4 is 11.8 Å². The molecular formula is C24H24F2N2O2. The molecule has 0 atom stereocenters. The van der Waals surface area contributed by atoms with Crippen LogP contribution in [-0.2, 0) is 0 Å². The topological polar surface area (TPSA) is 58.2 Å². The minimum Gasteiger partial charge on any atom is -0.346 e. The molecule has 30 heavy (non-hydrogen) atoms. The van der Waals surface area contributed by atoms with Crippen LogP contribution in [0.25, 0.3) is 0 Å². The van der Waals surface area contributed by atoms with Crippen LogP contribution < -0.4 is 10.6 Å². The third-order valence-electron chi connectivity index (χ3n) is 7.03. The van der Waals surface area contributed by atoms with Gasteiger partial charge in [-0.2, -0.15) is 0 Å². The van der Waals surface area contributed by atoms with Crippen LogP contribution in [0, 0.1) is 23.5 Å². The highest BCUT2D eigenvalue weighted by Crippen LogP contribution is 2.57. The molecule has 2 aromatic rings. The molecule has 0 saturated heterocycles. The van der Waals surface area contributed by atoms with Crippen LogP contribution in [0.4, 0.5) is 8.78 Å². The van der Waals surface area contributed by atoms with Crippen LogP contribution >= 0.6 is 0 Å². The second-order valence-electron chi connectivity index (χ2n) is 9.44. The molecule has 4 saturated carbocycles. The first-order chi connectivity index (χ1) is 14.3. The largest absolute Gasteiger partial charge is 0.346 e. The summed E-state index contributed by atoms with van der Waals surface area (Å²) in [5.41, 5.74) is 0.171. The van der Waals surface area contributed by atoms with Crippen LogP contribution in [0.1, 0.15) is 59.2 Å². The minimum absolute atomic E-state index is 0.197. The fraction of sp³-hybridized carbons (Fsp3) is 0.417. The van der Waals surface area contributed by atoms with Gasteiger partial charge in [-0.3, -0.25) is 9.59 Å². The van der Waals surface area contributed by atoms with Crippen LogP contribution in [0.2, 0.25) is 0 Å². The Kier molecular flexibility index (Phi) is 4.42. The molecule has 4 bridgehead atoms. The van der Waals surface area contributed by atoms with E-state index in [-0.39, 0.29) is 34.5 Å². The Morgan fingerprint density at radius 3 is 1.43 bits per heavy atom. The lowest BCUT2D eigenvalue weighted by Crippen LogP contribution is -2.69. The van der Waals surface area contributed by atoms with E-state index in [0.29, 0.717) is 29.4 Å². The summed E-state index contributed by atoms with van der Waals surface area (Å²) in [6, 6.07) is 11.2. The number of benzene rings is 2. The van der Waals surface area contributed by atoms with Gasteiger partial charge in [0.05, 0.1) is 0 Å². The number of amides is 2. The SMILES string of the molecule is O=C(NC12CC3CC(C1)CC(NC(=O)c1ccc(F)cc1)(C3)C2)c1ccc(F)cc1. The van der Waals surface area contributed by atoms with E-state index in [2.05, 4.69) is 10.6 Å². The van der Waals surface area contributed by atoms with Crippen molar-refractivity contribution in [1.82, 2.24) is 10.6 Å². The number of rotatable bonds is 4. The van der Waals surface area contributed by atoms with Gasteiger partial charge < -0.3 is 10.6 Å². The molecule has 2 aromatic carbocycles. The molecule has 0 aromatic heterocycles. The number of carbonyl (C=O) groups excluding carboxylic acids is 2. The summed E-state index contributed by atoms with van der Waals surface area (Å²) in [6.45, 7) is 0. The predicted molar refractivity (Wildman–Crippen MR) is 108 cm³/mol. The third-order valence-corrected chi connectivity index (χ3v) is 7.03. The first-order valence-corrected chi connectivity index (χ1v) is 10.5. The summed E-state index contributed by atoms with van der Waals surface area (Å²) in [4.78, 5) is 25.7. The Morgan fingerprint density at radius 2 is 1.07 bits per heavy atom. The zero-order valence-corrected chi connectivity index (χ0v) is 16.6. The summed E-state index contributed by atoms with van der Waals surface area (Å²) in [7, 11) is 0. The Labute approximate surface area is 174 Å². The van der Waals surface area contributed by atoms with Gasteiger partial charge in [0.1, 0.15) is 11.6 Å². The molecule has 4 fully saturated rings. The molecule has 6 rings (SSSR count). The molecule has 6 heteroatoms. The second kappa shape index (κ2) is 6.89. The normalized spacial score (nSPS) is 31.4. The molecule has 0 heterocycles. The van der Waals surface area contributed by atoms with E-state index in [1.165, 1.54) is 48.5 Å². The van der Waals surface area contributed by atoms with E-state index >= 15 is 0 Å². The molecule has 2 N–H and O–H groups in total. The maximum absolute atomic E-state index is 13.2. The molecule has 0 spiro atoms. The summed E-state index contributed by atoms with van der Waals surface area (Å²) < 4.78 is 26.4. The molecular weight excluding hydrogens is 386 g/mol. The predicted octanol–water partition coefficient (Wildman–Crippen LogP) is 4.22. The lowest BCUT2D eigenvalue weighted by molar-refractivity contribution is -0.0447. The van der Waals surface area contributed by atoms with Crippen molar-refractivity contribution in [2.45, 2.75) is 49.6 Å². The van der Waals surface area contributed by atoms with Crippen molar-refractivity contribution in [1.29, 1.82) is 0 Å². The van der Waals surface area contributed by atoms with Crippen molar-refractivity contribution < 1.29 is 18.4 Å². The van der Waals surface area contributed by atoms with Gasteiger partial charge in [-0.25, -0.2) is 8.78 Å². The lowest BCUT2D eigenvalue weighted by Gasteiger charge is -2.62. The third kappa shape index (κ3) is 3.48. The van der Waals surface area contributed by atoms with E-state index in [0.717, 1.165) is 32.1 Å². The average Bonchev–Trinajstić information content (AvgIpc) is 2.67. The molecule has 0 radical (unpaired) electrons. The molecule has 4 nitrogen and oxygen atoms in total. The van der Waals surface area contributed by atoms with Gasteiger partial charge in [0.2, 0.25) is 0 Å². The number of halogens is 2. The monoisotopic (exact) mass is 410 g/mol. The minimum atomic E-state index is -0.371. The van der Waals surface area contributed by atoms with E-state index in [9.17, 15) is 18.4 Å². The molecule has 2 amide bonds. The fourth-order valence-electron chi connectivity index (χ4n) is 6.38. The molecule has 4 aliphatic rings. The Hall–Kier alpha value is -2.76. The Morgan fingerprint density at radius 1 is 0.700 bits per heavy atom. The maximum atomic E-state index is 13.2. The number of hydrogen-bond donors (Lipinski definition) is 2. The first kappa shape index (κ1) is 19.2. The summed E-state index contributed by atoms with van der Waals surface area (Å²) >= 11 is 0. The summed E-state index contributed by atoms with van der Waals surface area (Å²) in [5, 5.41) is 6.49. The van der Waals surface area contributed by atoms with E-state index in [1.54, 1.807) is 0 Å². The summed E-state index contributed by atoms with van der Waals surface area (Å²) in [5.74, 6) is -0.233. The van der Waals surface area contributed by atoms with Crippen LogP contribution in [0.5, 0.6) is 0 Å². The smallest absolute Gasteiger partial charge is 0.251 e. The molecule has 4 aliphatic carbocycles. The highest BCUT2D eigenvalue weighted by Gasteiger charge is 2.58. The van der Waals surface area contributed by atoms with Gasteiger partial charge in [-0.1, -0.05) is 0 Å². The highest BCUT2D eigenvalue weighted by atomic mass is 19.1. The number of hydrogen-bond acceptors (Lipinski definition) is 2. The number of carbonyl (C=O) groups is 2. The molecule has 0 aliphatic heterocycles. The van der Waals surface area contributed by atoms with Gasteiger partial charge in [0, 0.05) is 22.2 Å². The zero-order valence-electron chi connectivity index (χ0n) is 16.6. The Balaban J connectivity index is 1.36. The fourth-order valence-corrected chi connectivity index (χ4v) is 6.38. The van der Waals surface area contributed by atoms with Gasteiger partial charge in [-0.15, -0.1) is 0 Å². The first-order valence-electron chi connectivity index (χ1n) is 10.5. The van der Waals surface area contributed by atoms with Crippen LogP contribution in [-0.4, -0.2) is 22.9 Å². The zero-order chi connectivity index (χ0) is 20.9. The van der Waals surface area contributed by atoms with Crippen LogP contribution in [0.3, 0.4) is 0 Å². The van der Waals surface area contributed by atoms with Gasteiger partial charge >= 0.3 is 0 Å². The molecule has 156 valence electrons. The average molecular weight is 410 g/mol. The van der Waals surface area contributed by atoms with Crippen molar-refractivity contribution in [3.05, 3.63) is 71.3 Å². The van der Waals surface area contributed by atoms with Crippen molar-refractivity contribution in [2.75, 3.05) is 0 Å². The second-order valence-corrected chi connectivity index (χ2v) is 9.44. The summed E-state index contributed by atoms with van der Waals surface area (Å²) in [6.07, 6.45) is 5.44. The van der Waals surface area contributed by atoms with E-state index in [1.807, 2.05) is 0 Å². The van der Waals surface area contributed by atoms with Gasteiger partial charge in [-0.05, 0) is 98.9 Å². The number of nitrogens with one attached hydrogen (secondary N) is 2. The van der Waals surface area contributed by atoms with E-state index < -0.39 is 0 Å². The van der Waals surface area contributed by atoms with Crippen molar-refractivity contribution in [3.8, 4) is 0 Å². The highest BCUT2D eigenvalue weighted by molar-refractivity contribution is 5.95. The Bertz CT molecular complexity index is 896. The van der Waals surface area contributed by atoms with E-state index in [4.69, 9.17) is 0 Å². The van der Waals surface area contributed by atoms with Gasteiger partial charge in [0.25, 0.3) is 11.8 Å². The quantitative estimate of drug-likeness (QED) is 0.793. The lowest BCUT2D eigenvalue weighted by atomic mass is 9.49. The van der Waals surface area contributed by atoms with Crippen molar-refractivity contribution in [2.24, 2.45) is 11.8 Å².